The van der Waals surface area contributed by atoms with Crippen LogP contribution >= 0.6 is 0 Å². The molecule has 0 unspecified atom stereocenters. The second kappa shape index (κ2) is 4.84. The highest BCUT2D eigenvalue weighted by molar-refractivity contribution is 5.55. The number of para-hydroxylation sites is 1. The van der Waals surface area contributed by atoms with Gasteiger partial charge in [-0.05, 0) is 30.9 Å². The summed E-state index contributed by atoms with van der Waals surface area (Å²) in [5.41, 5.74) is 2.84. The predicted molar refractivity (Wildman–Crippen MR) is 61.8 cm³/mol. The summed E-state index contributed by atoms with van der Waals surface area (Å²) in [6.07, 6.45) is 4.08. The molecule has 0 atom stereocenters. The molecule has 1 aromatic rings. The zero-order chi connectivity index (χ0) is 10.5. The Morgan fingerprint density at radius 2 is 2.20 bits per heavy atom. The van der Waals surface area contributed by atoms with Crippen LogP contribution in [-0.4, -0.2) is 13.1 Å². The van der Waals surface area contributed by atoms with Gasteiger partial charge in [-0.3, -0.25) is 0 Å². The molecule has 0 amide bonds. The van der Waals surface area contributed by atoms with E-state index in [1.807, 2.05) is 0 Å². The lowest BCUT2D eigenvalue weighted by atomic mass is 10.0. The largest absolute Gasteiger partial charge is 0.371 e. The Balaban J connectivity index is 2.06. The second-order valence-electron chi connectivity index (χ2n) is 3.98. The van der Waals surface area contributed by atoms with Crippen molar-refractivity contribution in [2.24, 2.45) is 0 Å². The summed E-state index contributed by atoms with van der Waals surface area (Å²) in [4.78, 5) is 2.41. The van der Waals surface area contributed by atoms with Crippen molar-refractivity contribution in [3.8, 4) is 6.07 Å². The SMILES string of the molecule is N#CCCCN1CCCc2ccccc21. The Morgan fingerprint density at radius 3 is 3.07 bits per heavy atom. The third kappa shape index (κ3) is 2.30. The predicted octanol–water partition coefficient (Wildman–Crippen LogP) is 2.74. The van der Waals surface area contributed by atoms with Crippen molar-refractivity contribution >= 4 is 5.69 Å². The fraction of sp³-hybridized carbons (Fsp3) is 0.462. The van der Waals surface area contributed by atoms with Crippen molar-refractivity contribution in [3.63, 3.8) is 0 Å². The zero-order valence-electron chi connectivity index (χ0n) is 8.95. The monoisotopic (exact) mass is 200 g/mol. The molecule has 15 heavy (non-hydrogen) atoms. The van der Waals surface area contributed by atoms with Gasteiger partial charge in [0.15, 0.2) is 0 Å². The molecule has 1 aliphatic heterocycles. The normalized spacial score (nSPS) is 14.5. The molecule has 0 saturated heterocycles. The van der Waals surface area contributed by atoms with E-state index in [2.05, 4.69) is 35.2 Å². The molecule has 0 aromatic heterocycles. The molecule has 0 N–H and O–H groups in total. The molecule has 2 heteroatoms. The number of benzene rings is 1. The van der Waals surface area contributed by atoms with Gasteiger partial charge in [0.2, 0.25) is 0 Å². The molecule has 1 aliphatic rings. The third-order valence-electron chi connectivity index (χ3n) is 2.92. The van der Waals surface area contributed by atoms with Crippen molar-refractivity contribution < 1.29 is 0 Å². The van der Waals surface area contributed by atoms with E-state index >= 15 is 0 Å². The summed E-state index contributed by atoms with van der Waals surface area (Å²) in [6, 6.07) is 10.8. The van der Waals surface area contributed by atoms with Crippen molar-refractivity contribution in [2.75, 3.05) is 18.0 Å². The third-order valence-corrected chi connectivity index (χ3v) is 2.92. The number of hydrogen-bond donors (Lipinski definition) is 0. The van der Waals surface area contributed by atoms with Crippen LogP contribution in [0.4, 0.5) is 5.69 Å². The number of hydrogen-bond acceptors (Lipinski definition) is 2. The molecule has 0 aliphatic carbocycles. The number of unbranched alkanes of at least 4 members (excludes halogenated alkanes) is 1. The maximum atomic E-state index is 8.52. The van der Waals surface area contributed by atoms with Crippen LogP contribution in [0.25, 0.3) is 0 Å². The van der Waals surface area contributed by atoms with E-state index in [0.29, 0.717) is 6.42 Å². The van der Waals surface area contributed by atoms with Crippen LogP contribution in [0.5, 0.6) is 0 Å². The van der Waals surface area contributed by atoms with Gasteiger partial charge in [0, 0.05) is 25.2 Å². The minimum Gasteiger partial charge on any atom is -0.371 e. The van der Waals surface area contributed by atoms with Gasteiger partial charge < -0.3 is 4.90 Å². The van der Waals surface area contributed by atoms with Gasteiger partial charge in [0.1, 0.15) is 0 Å². The molecule has 0 fully saturated rings. The van der Waals surface area contributed by atoms with Crippen LogP contribution in [0.2, 0.25) is 0 Å². The fourth-order valence-electron chi connectivity index (χ4n) is 2.19. The molecule has 0 saturated carbocycles. The van der Waals surface area contributed by atoms with E-state index < -0.39 is 0 Å². The molecule has 0 radical (unpaired) electrons. The van der Waals surface area contributed by atoms with Crippen molar-refractivity contribution in [3.05, 3.63) is 29.8 Å². The van der Waals surface area contributed by atoms with Crippen LogP contribution in [0.15, 0.2) is 24.3 Å². The number of nitriles is 1. The fourth-order valence-corrected chi connectivity index (χ4v) is 2.19. The molecular weight excluding hydrogens is 184 g/mol. The van der Waals surface area contributed by atoms with E-state index in [1.165, 1.54) is 24.1 Å². The standard InChI is InChI=1S/C13H16N2/c14-9-3-4-10-15-11-5-7-12-6-1-2-8-13(12)15/h1-2,6,8H,3-5,7,10-11H2. The van der Waals surface area contributed by atoms with Crippen LogP contribution < -0.4 is 4.90 Å². The summed E-state index contributed by atoms with van der Waals surface area (Å²) in [5.74, 6) is 0. The van der Waals surface area contributed by atoms with Crippen molar-refractivity contribution in [1.29, 1.82) is 5.26 Å². The van der Waals surface area contributed by atoms with Crippen molar-refractivity contribution in [2.45, 2.75) is 25.7 Å². The Hall–Kier alpha value is -1.49. The number of aryl methyl sites for hydroxylation is 1. The van der Waals surface area contributed by atoms with E-state index in [4.69, 9.17) is 5.26 Å². The van der Waals surface area contributed by atoms with Crippen LogP contribution in [-0.2, 0) is 6.42 Å². The summed E-state index contributed by atoms with van der Waals surface area (Å²) < 4.78 is 0. The van der Waals surface area contributed by atoms with Gasteiger partial charge in [0.05, 0.1) is 6.07 Å². The average Bonchev–Trinajstić information content (AvgIpc) is 2.30. The summed E-state index contributed by atoms with van der Waals surface area (Å²) in [6.45, 7) is 2.16. The van der Waals surface area contributed by atoms with Gasteiger partial charge in [-0.2, -0.15) is 5.26 Å². The number of fused-ring (bicyclic) bond motifs is 1. The number of anilines is 1. The second-order valence-corrected chi connectivity index (χ2v) is 3.98. The molecule has 0 spiro atoms. The van der Waals surface area contributed by atoms with Crippen LogP contribution in [0.1, 0.15) is 24.8 Å². The van der Waals surface area contributed by atoms with Gasteiger partial charge in [-0.25, -0.2) is 0 Å². The smallest absolute Gasteiger partial charge is 0.0622 e. The Morgan fingerprint density at radius 1 is 1.33 bits per heavy atom. The minimum atomic E-state index is 0.665. The Kier molecular flexibility index (Phi) is 3.24. The maximum Gasteiger partial charge on any atom is 0.0622 e. The van der Waals surface area contributed by atoms with Gasteiger partial charge in [0.25, 0.3) is 0 Å². The maximum absolute atomic E-state index is 8.52. The molecule has 2 rings (SSSR count). The zero-order valence-corrected chi connectivity index (χ0v) is 8.95. The van der Waals surface area contributed by atoms with Crippen LogP contribution in [0.3, 0.4) is 0 Å². The molecule has 2 nitrogen and oxygen atoms in total. The van der Waals surface area contributed by atoms with Gasteiger partial charge >= 0.3 is 0 Å². The molecule has 0 bridgehead atoms. The van der Waals surface area contributed by atoms with Gasteiger partial charge in [-0.15, -0.1) is 0 Å². The van der Waals surface area contributed by atoms with E-state index in [1.54, 1.807) is 0 Å². The van der Waals surface area contributed by atoms with Gasteiger partial charge in [-0.1, -0.05) is 18.2 Å². The minimum absolute atomic E-state index is 0.665. The topological polar surface area (TPSA) is 27.0 Å². The quantitative estimate of drug-likeness (QED) is 0.701. The summed E-state index contributed by atoms with van der Waals surface area (Å²) in [7, 11) is 0. The first kappa shape index (κ1) is 10.0. The first-order chi connectivity index (χ1) is 7.42. The molecule has 1 aromatic carbocycles. The lowest BCUT2D eigenvalue weighted by Gasteiger charge is -2.31. The highest BCUT2D eigenvalue weighted by Gasteiger charge is 2.14. The summed E-state index contributed by atoms with van der Waals surface area (Å²) in [5, 5.41) is 8.52. The lowest BCUT2D eigenvalue weighted by Crippen LogP contribution is -2.30. The van der Waals surface area contributed by atoms with Crippen molar-refractivity contribution in [1.82, 2.24) is 0 Å². The first-order valence-electron chi connectivity index (χ1n) is 5.61. The van der Waals surface area contributed by atoms with E-state index in [0.717, 1.165) is 19.5 Å². The molecule has 78 valence electrons. The molecule has 1 heterocycles. The lowest BCUT2D eigenvalue weighted by molar-refractivity contribution is 0.670. The summed E-state index contributed by atoms with van der Waals surface area (Å²) >= 11 is 0. The molecular formula is C13H16N2. The first-order valence-corrected chi connectivity index (χ1v) is 5.61. The Bertz CT molecular complexity index is 365. The highest BCUT2D eigenvalue weighted by Crippen LogP contribution is 2.26. The number of rotatable bonds is 3. The highest BCUT2D eigenvalue weighted by atomic mass is 15.1. The van der Waals surface area contributed by atoms with E-state index in [9.17, 15) is 0 Å². The average molecular weight is 200 g/mol. The number of nitrogens with zero attached hydrogens (tertiary/aromatic N) is 2. The van der Waals surface area contributed by atoms with Crippen LogP contribution in [0, 0.1) is 11.3 Å². The Labute approximate surface area is 91.1 Å². The van der Waals surface area contributed by atoms with E-state index in [-0.39, 0.29) is 0 Å².